The topological polar surface area (TPSA) is 92.5 Å². The average Bonchev–Trinajstić information content (AvgIpc) is 3.32. The van der Waals surface area contributed by atoms with Crippen LogP contribution < -0.4 is 9.80 Å². The van der Waals surface area contributed by atoms with Crippen LogP contribution in [0.5, 0.6) is 0 Å². The lowest BCUT2D eigenvalue weighted by Gasteiger charge is -2.28. The molecule has 0 atom stereocenters. The van der Waals surface area contributed by atoms with E-state index in [0.717, 1.165) is 55.8 Å². The van der Waals surface area contributed by atoms with Gasteiger partial charge in [0.15, 0.2) is 10.9 Å². The van der Waals surface area contributed by atoms with Gasteiger partial charge in [-0.15, -0.1) is 0 Å². The van der Waals surface area contributed by atoms with E-state index in [4.69, 9.17) is 0 Å². The summed E-state index contributed by atoms with van der Waals surface area (Å²) in [6.07, 6.45) is 6.15. The number of carbonyl (C=O) groups is 1. The molecule has 0 saturated carbocycles. The number of amides is 1. The van der Waals surface area contributed by atoms with Crippen LogP contribution in [0.2, 0.25) is 0 Å². The fourth-order valence-corrected chi connectivity index (χ4v) is 5.32. The molecule has 36 heavy (non-hydrogen) atoms. The zero-order valence-electron chi connectivity index (χ0n) is 19.1. The Bertz CT molecular complexity index is 1440. The molecule has 3 heterocycles. The summed E-state index contributed by atoms with van der Waals surface area (Å²) in [5, 5.41) is 12.1. The van der Waals surface area contributed by atoms with E-state index in [2.05, 4.69) is 9.97 Å². The van der Waals surface area contributed by atoms with E-state index < -0.39 is 22.5 Å². The van der Waals surface area contributed by atoms with E-state index in [-0.39, 0.29) is 33.1 Å². The molecule has 0 spiro atoms. The van der Waals surface area contributed by atoms with Crippen molar-refractivity contribution in [2.45, 2.75) is 25.8 Å². The number of nitro groups is 1. The Kier molecular flexibility index (Phi) is 6.55. The van der Waals surface area contributed by atoms with Gasteiger partial charge in [-0.2, -0.15) is 0 Å². The van der Waals surface area contributed by atoms with Gasteiger partial charge in [-0.05, 0) is 49.1 Å². The first-order chi connectivity index (χ1) is 17.4. The second kappa shape index (κ2) is 9.94. The number of fused-ring (bicyclic) bond motifs is 1. The fourth-order valence-electron chi connectivity index (χ4n) is 4.32. The van der Waals surface area contributed by atoms with Crippen LogP contribution in [0.1, 0.15) is 35.2 Å². The maximum absolute atomic E-state index is 14.3. The zero-order valence-corrected chi connectivity index (χ0v) is 19.9. The number of halogens is 2. The van der Waals surface area contributed by atoms with Gasteiger partial charge in [-0.25, -0.2) is 13.8 Å². The number of aromatic nitrogens is 2. The van der Waals surface area contributed by atoms with Gasteiger partial charge >= 0.3 is 0 Å². The Hall–Kier alpha value is -3.99. The lowest BCUT2D eigenvalue weighted by Crippen LogP contribution is -2.31. The van der Waals surface area contributed by atoms with Crippen LogP contribution >= 0.6 is 11.3 Å². The maximum atomic E-state index is 14.3. The Morgan fingerprint density at radius 2 is 1.94 bits per heavy atom. The SMILES string of the molecule is O=C(c1ccc(N2CCCCC2)c([N+](=O)[O-])c1)N(Cc1cccnc1)c1nc2c(F)cc(F)cc2s1. The number of benzene rings is 2. The summed E-state index contributed by atoms with van der Waals surface area (Å²) in [6, 6.07) is 9.81. The third-order valence-electron chi connectivity index (χ3n) is 6.06. The number of hydrogen-bond acceptors (Lipinski definition) is 7. The molecule has 0 bridgehead atoms. The number of nitro benzene ring substituents is 1. The number of thiazole rings is 1. The minimum atomic E-state index is -0.831. The summed E-state index contributed by atoms with van der Waals surface area (Å²) in [5.41, 5.74) is 1.05. The molecular weight excluding hydrogens is 488 g/mol. The van der Waals surface area contributed by atoms with Crippen LogP contribution in [0.15, 0.2) is 54.9 Å². The number of piperidine rings is 1. The van der Waals surface area contributed by atoms with E-state index in [1.54, 1.807) is 36.7 Å². The highest BCUT2D eigenvalue weighted by Crippen LogP contribution is 2.35. The largest absolute Gasteiger partial charge is 0.366 e. The molecule has 1 aliphatic rings. The Morgan fingerprint density at radius 1 is 1.14 bits per heavy atom. The molecule has 1 amide bonds. The van der Waals surface area contributed by atoms with Gasteiger partial charge in [0, 0.05) is 43.2 Å². The second-order valence-corrected chi connectivity index (χ2v) is 9.50. The number of rotatable bonds is 6. The highest BCUT2D eigenvalue weighted by molar-refractivity contribution is 7.22. The predicted molar refractivity (Wildman–Crippen MR) is 133 cm³/mol. The van der Waals surface area contributed by atoms with Crippen molar-refractivity contribution in [1.29, 1.82) is 0 Å². The quantitative estimate of drug-likeness (QED) is 0.244. The molecule has 2 aromatic carbocycles. The van der Waals surface area contributed by atoms with E-state index in [9.17, 15) is 23.7 Å². The van der Waals surface area contributed by atoms with Crippen LogP contribution in [0, 0.1) is 21.7 Å². The highest BCUT2D eigenvalue weighted by atomic mass is 32.1. The monoisotopic (exact) mass is 509 g/mol. The van der Waals surface area contributed by atoms with E-state index in [1.807, 2.05) is 4.90 Å². The minimum absolute atomic E-state index is 0.0400. The number of anilines is 2. The zero-order chi connectivity index (χ0) is 25.2. The van der Waals surface area contributed by atoms with Crippen LogP contribution in [-0.4, -0.2) is 33.9 Å². The van der Waals surface area contributed by atoms with Gasteiger partial charge in [-0.1, -0.05) is 17.4 Å². The lowest BCUT2D eigenvalue weighted by atomic mass is 10.1. The summed E-state index contributed by atoms with van der Waals surface area (Å²) < 4.78 is 28.4. The molecule has 2 aromatic heterocycles. The van der Waals surface area contributed by atoms with Crippen molar-refractivity contribution in [2.24, 2.45) is 0 Å². The summed E-state index contributed by atoms with van der Waals surface area (Å²) in [7, 11) is 0. The Morgan fingerprint density at radius 3 is 2.67 bits per heavy atom. The normalized spacial score (nSPS) is 13.7. The first-order valence-electron chi connectivity index (χ1n) is 11.4. The van der Waals surface area contributed by atoms with E-state index in [1.165, 1.54) is 11.0 Å². The lowest BCUT2D eigenvalue weighted by molar-refractivity contribution is -0.384. The molecule has 1 saturated heterocycles. The maximum Gasteiger partial charge on any atom is 0.293 e. The van der Waals surface area contributed by atoms with Crippen molar-refractivity contribution in [3.63, 3.8) is 0 Å². The second-order valence-electron chi connectivity index (χ2n) is 8.49. The Balaban J connectivity index is 1.56. The molecule has 0 radical (unpaired) electrons. The van der Waals surface area contributed by atoms with Gasteiger partial charge in [0.05, 0.1) is 16.2 Å². The van der Waals surface area contributed by atoms with Crippen LogP contribution in [0.4, 0.5) is 25.3 Å². The first-order valence-corrected chi connectivity index (χ1v) is 12.2. The summed E-state index contributed by atoms with van der Waals surface area (Å²) in [4.78, 5) is 36.7. The smallest absolute Gasteiger partial charge is 0.293 e. The van der Waals surface area contributed by atoms with Crippen molar-refractivity contribution in [2.75, 3.05) is 22.9 Å². The van der Waals surface area contributed by atoms with Gasteiger partial charge in [0.1, 0.15) is 17.0 Å². The van der Waals surface area contributed by atoms with Crippen molar-refractivity contribution < 1.29 is 18.5 Å². The molecule has 184 valence electrons. The van der Waals surface area contributed by atoms with Crippen molar-refractivity contribution in [3.8, 4) is 0 Å². The molecule has 8 nitrogen and oxygen atoms in total. The molecule has 11 heteroatoms. The van der Waals surface area contributed by atoms with Crippen LogP contribution in [0.3, 0.4) is 0 Å². The third-order valence-corrected chi connectivity index (χ3v) is 7.08. The molecule has 0 unspecified atom stereocenters. The van der Waals surface area contributed by atoms with Crippen molar-refractivity contribution in [1.82, 2.24) is 9.97 Å². The first kappa shape index (κ1) is 23.7. The Labute approximate surface area is 209 Å². The molecule has 4 aromatic rings. The predicted octanol–water partition coefficient (Wildman–Crippen LogP) is 5.72. The van der Waals surface area contributed by atoms with Gasteiger partial charge < -0.3 is 4.90 Å². The minimum Gasteiger partial charge on any atom is -0.366 e. The summed E-state index contributed by atoms with van der Waals surface area (Å²) in [6.45, 7) is 1.47. The van der Waals surface area contributed by atoms with Crippen LogP contribution in [0.25, 0.3) is 10.2 Å². The standard InChI is InChI=1S/C25H21F2N5O3S/c26-18-12-19(27)23-22(13-18)36-25(29-23)31(15-16-5-4-8-28-14-16)24(33)17-6-7-20(21(11-17)32(34)35)30-9-2-1-3-10-30/h4-8,11-14H,1-3,9-10,15H2. The molecular formula is C25H21F2N5O3S. The number of pyridine rings is 1. The van der Waals surface area contributed by atoms with E-state index >= 15 is 0 Å². The number of nitrogens with zero attached hydrogens (tertiary/aromatic N) is 5. The summed E-state index contributed by atoms with van der Waals surface area (Å²) in [5.74, 6) is -2.13. The van der Waals surface area contributed by atoms with E-state index in [0.29, 0.717) is 11.3 Å². The number of hydrogen-bond donors (Lipinski definition) is 0. The highest BCUT2D eigenvalue weighted by Gasteiger charge is 2.27. The molecule has 0 N–H and O–H groups in total. The van der Waals surface area contributed by atoms with Crippen molar-refractivity contribution in [3.05, 3.63) is 87.7 Å². The van der Waals surface area contributed by atoms with Crippen LogP contribution in [-0.2, 0) is 6.54 Å². The van der Waals surface area contributed by atoms with Gasteiger partial charge in [-0.3, -0.25) is 24.8 Å². The average molecular weight is 510 g/mol. The van der Waals surface area contributed by atoms with Gasteiger partial charge in [0.25, 0.3) is 11.6 Å². The van der Waals surface area contributed by atoms with Crippen molar-refractivity contribution >= 4 is 44.0 Å². The molecule has 5 rings (SSSR count). The molecule has 0 aliphatic carbocycles. The molecule has 1 aliphatic heterocycles. The third kappa shape index (κ3) is 4.74. The summed E-state index contributed by atoms with van der Waals surface area (Å²) >= 11 is 0.964. The van der Waals surface area contributed by atoms with Gasteiger partial charge in [0.2, 0.25) is 0 Å². The molecule has 1 fully saturated rings. The number of carbonyl (C=O) groups excluding carboxylic acids is 1. The fraction of sp³-hybridized carbons (Fsp3) is 0.240.